The van der Waals surface area contributed by atoms with Gasteiger partial charge in [0.1, 0.15) is 11.7 Å². The number of carboxylic acid groups (broad SMARTS) is 1. The lowest BCUT2D eigenvalue weighted by Crippen LogP contribution is -2.29. The van der Waals surface area contributed by atoms with Crippen molar-refractivity contribution in [1.82, 2.24) is 9.55 Å². The maximum Gasteiger partial charge on any atom is 0.326 e. The molecule has 1 unspecified atom stereocenters. The van der Waals surface area contributed by atoms with Gasteiger partial charge in [-0.1, -0.05) is 0 Å². The Balaban J connectivity index is 3.23. The summed E-state index contributed by atoms with van der Waals surface area (Å²) in [6.07, 6.45) is 2.34. The third-order valence-electron chi connectivity index (χ3n) is 1.66. The lowest BCUT2D eigenvalue weighted by Gasteiger charge is -2.09. The number of carboxylic acids is 1. The fourth-order valence-electron chi connectivity index (χ4n) is 0.837. The van der Waals surface area contributed by atoms with Crippen LogP contribution in [0, 0.1) is 0 Å². The van der Waals surface area contributed by atoms with E-state index < -0.39 is 17.6 Å². The summed E-state index contributed by atoms with van der Waals surface area (Å²) in [4.78, 5) is 25.4. The fourth-order valence-corrected chi connectivity index (χ4v) is 0.837. The van der Waals surface area contributed by atoms with E-state index in [0.29, 0.717) is 0 Å². The van der Waals surface area contributed by atoms with Crippen LogP contribution in [0.25, 0.3) is 0 Å². The van der Waals surface area contributed by atoms with Gasteiger partial charge in [0.2, 0.25) is 0 Å². The molecule has 0 aromatic carbocycles. The Morgan fingerprint density at radius 3 is 2.92 bits per heavy atom. The second-order valence-electron chi connectivity index (χ2n) is 2.58. The van der Waals surface area contributed by atoms with Gasteiger partial charge in [0.15, 0.2) is 0 Å². The van der Waals surface area contributed by atoms with Crippen molar-refractivity contribution >= 4 is 11.7 Å². The van der Waals surface area contributed by atoms with Crippen LogP contribution in [0.4, 0.5) is 5.69 Å². The van der Waals surface area contributed by atoms with Gasteiger partial charge >= 0.3 is 5.97 Å². The molecule has 6 nitrogen and oxygen atoms in total. The molecule has 1 heterocycles. The Hall–Kier alpha value is -1.85. The van der Waals surface area contributed by atoms with Crippen LogP contribution >= 0.6 is 0 Å². The van der Waals surface area contributed by atoms with Crippen LogP contribution < -0.4 is 11.3 Å². The van der Waals surface area contributed by atoms with E-state index in [0.717, 1.165) is 10.9 Å². The molecule has 3 N–H and O–H groups in total. The second kappa shape index (κ2) is 3.26. The molecule has 0 aliphatic carbocycles. The van der Waals surface area contributed by atoms with Gasteiger partial charge in [-0.15, -0.1) is 0 Å². The first-order chi connectivity index (χ1) is 6.04. The van der Waals surface area contributed by atoms with Crippen molar-refractivity contribution in [3.8, 4) is 0 Å². The summed E-state index contributed by atoms with van der Waals surface area (Å²) in [5.41, 5.74) is 4.67. The number of anilines is 1. The molecule has 0 spiro atoms. The molecule has 13 heavy (non-hydrogen) atoms. The Morgan fingerprint density at radius 2 is 2.38 bits per heavy atom. The van der Waals surface area contributed by atoms with Gasteiger partial charge in [0.25, 0.3) is 5.56 Å². The monoisotopic (exact) mass is 183 g/mol. The van der Waals surface area contributed by atoms with E-state index in [1.807, 2.05) is 0 Å². The van der Waals surface area contributed by atoms with E-state index in [-0.39, 0.29) is 5.69 Å². The van der Waals surface area contributed by atoms with Gasteiger partial charge in [0, 0.05) is 0 Å². The highest BCUT2D eigenvalue weighted by molar-refractivity contribution is 5.71. The lowest BCUT2D eigenvalue weighted by molar-refractivity contribution is -0.140. The van der Waals surface area contributed by atoms with Crippen LogP contribution in [0.2, 0.25) is 0 Å². The Labute approximate surface area is 73.6 Å². The summed E-state index contributed by atoms with van der Waals surface area (Å²) >= 11 is 0. The predicted molar refractivity (Wildman–Crippen MR) is 45.3 cm³/mol. The normalized spacial score (nSPS) is 12.4. The molecular formula is C7H9N3O3. The van der Waals surface area contributed by atoms with E-state index in [1.165, 1.54) is 13.1 Å². The van der Waals surface area contributed by atoms with Crippen molar-refractivity contribution < 1.29 is 9.90 Å². The summed E-state index contributed by atoms with van der Waals surface area (Å²) in [6.45, 7) is 1.38. The molecule has 70 valence electrons. The van der Waals surface area contributed by atoms with Crippen molar-refractivity contribution in [2.24, 2.45) is 0 Å². The largest absolute Gasteiger partial charge is 0.480 e. The van der Waals surface area contributed by atoms with Gasteiger partial charge in [-0.2, -0.15) is 0 Å². The summed E-state index contributed by atoms with van der Waals surface area (Å²) in [5, 5.41) is 8.62. The molecule has 0 saturated heterocycles. The van der Waals surface area contributed by atoms with Crippen LogP contribution in [-0.4, -0.2) is 20.6 Å². The predicted octanol–water partition coefficient (Wildman–Crippen LogP) is -0.529. The van der Waals surface area contributed by atoms with Crippen molar-refractivity contribution in [3.63, 3.8) is 0 Å². The minimum atomic E-state index is -1.10. The highest BCUT2D eigenvalue weighted by Crippen LogP contribution is 2.01. The average Bonchev–Trinajstić information content (AvgIpc) is 2.08. The van der Waals surface area contributed by atoms with Crippen LogP contribution in [0.1, 0.15) is 13.0 Å². The molecular weight excluding hydrogens is 174 g/mol. The molecule has 0 aliphatic rings. The number of aromatic nitrogens is 2. The van der Waals surface area contributed by atoms with Crippen LogP contribution in [0.15, 0.2) is 17.3 Å². The van der Waals surface area contributed by atoms with Gasteiger partial charge in [-0.3, -0.25) is 9.36 Å². The first-order valence-electron chi connectivity index (χ1n) is 3.58. The molecule has 0 saturated carbocycles. The number of nitrogens with zero attached hydrogens (tertiary/aromatic N) is 2. The molecule has 0 aliphatic heterocycles. The zero-order valence-electron chi connectivity index (χ0n) is 6.97. The quantitative estimate of drug-likeness (QED) is 0.642. The molecule has 1 aromatic rings. The topological polar surface area (TPSA) is 98.2 Å². The first kappa shape index (κ1) is 9.24. The zero-order valence-corrected chi connectivity index (χ0v) is 6.97. The van der Waals surface area contributed by atoms with E-state index in [4.69, 9.17) is 10.8 Å². The molecule has 0 radical (unpaired) electrons. The number of nitrogens with two attached hydrogens (primary N) is 1. The van der Waals surface area contributed by atoms with E-state index in [2.05, 4.69) is 4.98 Å². The molecule has 1 rings (SSSR count). The number of aliphatic carboxylic acids is 1. The molecule has 6 heteroatoms. The Bertz CT molecular complexity index is 385. The van der Waals surface area contributed by atoms with Crippen molar-refractivity contribution in [3.05, 3.63) is 22.9 Å². The molecule has 1 atom stereocenters. The standard InChI is InChI=1S/C7H9N3O3/c1-4(7(12)13)10-3-9-2-5(8)6(10)11/h2-4H,8H2,1H3,(H,12,13). The SMILES string of the molecule is CC(C(=O)O)n1cncc(N)c1=O. The number of hydrogen-bond acceptors (Lipinski definition) is 4. The van der Waals surface area contributed by atoms with E-state index >= 15 is 0 Å². The number of hydrogen-bond donors (Lipinski definition) is 2. The minimum Gasteiger partial charge on any atom is -0.480 e. The van der Waals surface area contributed by atoms with Crippen molar-refractivity contribution in [2.75, 3.05) is 5.73 Å². The Kier molecular flexibility index (Phi) is 2.32. The molecule has 0 bridgehead atoms. The number of nitrogen functional groups attached to an aromatic ring is 1. The number of rotatable bonds is 2. The third-order valence-corrected chi connectivity index (χ3v) is 1.66. The van der Waals surface area contributed by atoms with Gasteiger partial charge < -0.3 is 10.8 Å². The lowest BCUT2D eigenvalue weighted by atomic mass is 10.3. The van der Waals surface area contributed by atoms with Crippen LogP contribution in [-0.2, 0) is 4.79 Å². The third kappa shape index (κ3) is 1.66. The maximum absolute atomic E-state index is 11.2. The van der Waals surface area contributed by atoms with Crippen molar-refractivity contribution in [1.29, 1.82) is 0 Å². The molecule has 0 fully saturated rings. The summed E-state index contributed by atoms with van der Waals surface area (Å²) in [7, 11) is 0. The van der Waals surface area contributed by atoms with Gasteiger partial charge in [-0.25, -0.2) is 9.78 Å². The highest BCUT2D eigenvalue weighted by atomic mass is 16.4. The average molecular weight is 183 g/mol. The number of carbonyl (C=O) groups is 1. The zero-order chi connectivity index (χ0) is 10.0. The minimum absolute atomic E-state index is 0.0596. The summed E-state index contributed by atoms with van der Waals surface area (Å²) in [5.74, 6) is -1.10. The summed E-state index contributed by atoms with van der Waals surface area (Å²) in [6, 6.07) is -0.955. The van der Waals surface area contributed by atoms with E-state index in [1.54, 1.807) is 0 Å². The van der Waals surface area contributed by atoms with E-state index in [9.17, 15) is 9.59 Å². The second-order valence-corrected chi connectivity index (χ2v) is 2.58. The summed E-state index contributed by atoms with van der Waals surface area (Å²) < 4.78 is 0.970. The maximum atomic E-state index is 11.2. The van der Waals surface area contributed by atoms with Crippen LogP contribution in [0.5, 0.6) is 0 Å². The first-order valence-corrected chi connectivity index (χ1v) is 3.58. The van der Waals surface area contributed by atoms with Gasteiger partial charge in [0.05, 0.1) is 12.5 Å². The Morgan fingerprint density at radius 1 is 1.77 bits per heavy atom. The van der Waals surface area contributed by atoms with Crippen LogP contribution in [0.3, 0.4) is 0 Å². The fraction of sp³-hybridized carbons (Fsp3) is 0.286. The van der Waals surface area contributed by atoms with Crippen molar-refractivity contribution in [2.45, 2.75) is 13.0 Å². The molecule has 1 aromatic heterocycles. The molecule has 0 amide bonds. The van der Waals surface area contributed by atoms with Gasteiger partial charge in [-0.05, 0) is 6.92 Å². The smallest absolute Gasteiger partial charge is 0.326 e. The highest BCUT2D eigenvalue weighted by Gasteiger charge is 2.14.